The third-order valence-corrected chi connectivity index (χ3v) is 5.59. The van der Waals surface area contributed by atoms with Gasteiger partial charge in [-0.15, -0.1) is 12.4 Å². The van der Waals surface area contributed by atoms with Gasteiger partial charge in [0, 0.05) is 31.4 Å². The van der Waals surface area contributed by atoms with Crippen LogP contribution >= 0.6 is 12.4 Å². The normalized spacial score (nSPS) is 17.6. The highest BCUT2D eigenvalue weighted by atomic mass is 35.5. The number of nitrogens with one attached hydrogen (secondary N) is 1. The highest BCUT2D eigenvalue weighted by Crippen LogP contribution is 2.42. The molecule has 4 rings (SSSR count). The summed E-state index contributed by atoms with van der Waals surface area (Å²) in [5.74, 6) is -3.94. The van der Waals surface area contributed by atoms with E-state index in [-0.39, 0.29) is 66.7 Å². The zero-order valence-electron chi connectivity index (χ0n) is 16.9. The Hall–Kier alpha value is -2.96. The van der Waals surface area contributed by atoms with Gasteiger partial charge < -0.3 is 36.8 Å². The molecule has 1 saturated heterocycles. The van der Waals surface area contributed by atoms with Crippen LogP contribution in [0.2, 0.25) is 0 Å². The first-order chi connectivity index (χ1) is 14.2. The predicted octanol–water partition coefficient (Wildman–Crippen LogP) is 0.146. The van der Waals surface area contributed by atoms with E-state index in [2.05, 4.69) is 5.32 Å². The van der Waals surface area contributed by atoms with Crippen LogP contribution in [0.5, 0.6) is 0 Å². The van der Waals surface area contributed by atoms with Crippen LogP contribution in [-0.4, -0.2) is 52.7 Å². The maximum Gasteiger partial charge on any atom is 0.341 e. The number of amides is 1. The molecule has 8 N–H and O–H groups in total. The van der Waals surface area contributed by atoms with E-state index in [0.29, 0.717) is 19.3 Å². The first-order valence-corrected chi connectivity index (χ1v) is 9.57. The molecule has 2 heterocycles. The van der Waals surface area contributed by atoms with Gasteiger partial charge in [-0.05, 0) is 19.3 Å². The number of aromatic carboxylic acids is 1. The zero-order chi connectivity index (χ0) is 21.7. The van der Waals surface area contributed by atoms with Crippen molar-refractivity contribution in [2.24, 2.45) is 5.73 Å². The van der Waals surface area contributed by atoms with Crippen molar-refractivity contribution in [1.29, 1.82) is 0 Å². The third-order valence-electron chi connectivity index (χ3n) is 5.59. The molecule has 1 aromatic heterocycles. The molecule has 1 aliphatic heterocycles. The van der Waals surface area contributed by atoms with Crippen LogP contribution in [0.3, 0.4) is 0 Å². The van der Waals surface area contributed by atoms with E-state index < -0.39 is 39.7 Å². The number of nitrogens with zero attached hydrogens (tertiary/aromatic N) is 2. The van der Waals surface area contributed by atoms with Crippen LogP contribution in [0.15, 0.2) is 11.0 Å². The predicted molar refractivity (Wildman–Crippen MR) is 116 cm³/mol. The topological polar surface area (TPSA) is 175 Å². The van der Waals surface area contributed by atoms with Gasteiger partial charge >= 0.3 is 5.97 Å². The number of fused-ring (bicyclic) bond motifs is 1. The summed E-state index contributed by atoms with van der Waals surface area (Å²) < 4.78 is 32.2. The summed E-state index contributed by atoms with van der Waals surface area (Å²) in [6.45, 7) is 0.211. The first kappa shape index (κ1) is 25.3. The maximum absolute atomic E-state index is 15.6. The molecule has 1 saturated carbocycles. The number of carboxylic acids is 1. The first-order valence-electron chi connectivity index (χ1n) is 9.57. The van der Waals surface area contributed by atoms with Gasteiger partial charge in [-0.1, -0.05) is 0 Å². The van der Waals surface area contributed by atoms with Crippen molar-refractivity contribution in [2.45, 2.75) is 31.3 Å². The Balaban J connectivity index is 0.00000181. The molecule has 1 amide bonds. The summed E-state index contributed by atoms with van der Waals surface area (Å²) in [6.07, 6.45) is 2.92. The van der Waals surface area contributed by atoms with Gasteiger partial charge in [-0.2, -0.15) is 0 Å². The number of halogens is 3. The fourth-order valence-electron chi connectivity index (χ4n) is 3.99. The lowest BCUT2D eigenvalue weighted by atomic mass is 10.1. The van der Waals surface area contributed by atoms with Gasteiger partial charge in [0.1, 0.15) is 11.3 Å². The number of carboxylic acid groups (broad SMARTS) is 1. The number of nitrogens with two attached hydrogens (primary N) is 2. The molecule has 1 atom stereocenters. The molecule has 0 spiro atoms. The molecule has 1 aliphatic carbocycles. The quantitative estimate of drug-likeness (QED) is 0.445. The van der Waals surface area contributed by atoms with E-state index >= 15 is 8.78 Å². The van der Waals surface area contributed by atoms with Crippen molar-refractivity contribution in [3.63, 3.8) is 0 Å². The van der Waals surface area contributed by atoms with Crippen LogP contribution in [-0.2, 0) is 4.79 Å². The Morgan fingerprint density at radius 1 is 1.22 bits per heavy atom. The number of carbonyl (C=O) groups is 2. The number of benzene rings is 1. The molecule has 2 aliphatic rings. The lowest BCUT2D eigenvalue weighted by molar-refractivity contribution is -0.120. The average molecular weight is 476 g/mol. The van der Waals surface area contributed by atoms with Crippen molar-refractivity contribution >= 4 is 46.6 Å². The lowest BCUT2D eigenvalue weighted by Crippen LogP contribution is -2.40. The molecule has 0 radical (unpaired) electrons. The summed E-state index contributed by atoms with van der Waals surface area (Å²) in [5.41, 5.74) is 8.40. The summed E-state index contributed by atoms with van der Waals surface area (Å²) >= 11 is 0. The largest absolute Gasteiger partial charge is 0.477 e. The standard InChI is InChI=1S/C19H21F2N5O4.ClH.H2O/c20-13-15(23)12-16(26(9-1-2-9)7-10(18(12)28)19(29)30)14(21)17(13)25-4-3-8(6-25)24-11(27)5-22;;/h7-9H,1-6,22-23H2,(H,24,27)(H,29,30);1H;1H2. The monoisotopic (exact) mass is 475 g/mol. The highest BCUT2D eigenvalue weighted by molar-refractivity contribution is 5.99. The maximum atomic E-state index is 15.6. The number of rotatable bonds is 5. The Morgan fingerprint density at radius 2 is 1.88 bits per heavy atom. The molecule has 1 unspecified atom stereocenters. The van der Waals surface area contributed by atoms with Gasteiger partial charge in [-0.25, -0.2) is 13.6 Å². The summed E-state index contributed by atoms with van der Waals surface area (Å²) in [7, 11) is 0. The second kappa shape index (κ2) is 9.27. The van der Waals surface area contributed by atoms with E-state index in [1.165, 1.54) is 9.47 Å². The second-order valence-corrected chi connectivity index (χ2v) is 7.63. The fraction of sp³-hybridized carbons (Fsp3) is 0.421. The van der Waals surface area contributed by atoms with Crippen LogP contribution in [0.4, 0.5) is 20.2 Å². The number of nitrogen functional groups attached to an aromatic ring is 1. The number of anilines is 2. The fourth-order valence-corrected chi connectivity index (χ4v) is 3.99. The minimum absolute atomic E-state index is 0. The summed E-state index contributed by atoms with van der Waals surface area (Å²) in [6, 6.07) is -0.523. The van der Waals surface area contributed by atoms with Crippen molar-refractivity contribution < 1.29 is 29.0 Å². The van der Waals surface area contributed by atoms with Gasteiger partial charge in [-0.3, -0.25) is 9.59 Å². The van der Waals surface area contributed by atoms with Crippen molar-refractivity contribution in [2.75, 3.05) is 30.3 Å². The van der Waals surface area contributed by atoms with Crippen molar-refractivity contribution in [1.82, 2.24) is 9.88 Å². The molecular formula is C19H24ClF2N5O5. The van der Waals surface area contributed by atoms with Gasteiger partial charge in [0.25, 0.3) is 0 Å². The van der Waals surface area contributed by atoms with Gasteiger partial charge in [0.05, 0.1) is 23.1 Å². The molecule has 0 bridgehead atoms. The number of hydrogen-bond donors (Lipinski definition) is 4. The minimum Gasteiger partial charge on any atom is -0.477 e. The zero-order valence-corrected chi connectivity index (χ0v) is 17.7. The Kier molecular flexibility index (Phi) is 7.33. The Labute approximate surface area is 186 Å². The van der Waals surface area contributed by atoms with Crippen LogP contribution in [0.25, 0.3) is 10.9 Å². The molecular weight excluding hydrogens is 452 g/mol. The molecule has 176 valence electrons. The molecule has 2 fully saturated rings. The van der Waals surface area contributed by atoms with E-state index in [1.807, 2.05) is 0 Å². The number of pyridine rings is 1. The number of aromatic nitrogens is 1. The Morgan fingerprint density at radius 3 is 2.44 bits per heavy atom. The number of carbonyl (C=O) groups excluding carboxylic acids is 1. The molecule has 2 aromatic rings. The Bertz CT molecular complexity index is 1140. The van der Waals surface area contributed by atoms with Crippen LogP contribution in [0.1, 0.15) is 35.7 Å². The summed E-state index contributed by atoms with van der Waals surface area (Å²) in [4.78, 5) is 37.1. The molecule has 10 nitrogen and oxygen atoms in total. The molecule has 1 aromatic carbocycles. The minimum atomic E-state index is -1.49. The average Bonchev–Trinajstić information content (AvgIpc) is 3.45. The smallest absolute Gasteiger partial charge is 0.341 e. The van der Waals surface area contributed by atoms with Crippen molar-refractivity contribution in [3.05, 3.63) is 33.6 Å². The van der Waals surface area contributed by atoms with Gasteiger partial charge in [0.15, 0.2) is 11.6 Å². The third kappa shape index (κ3) is 4.08. The van der Waals surface area contributed by atoms with Crippen molar-refractivity contribution in [3.8, 4) is 0 Å². The SMILES string of the molecule is Cl.NCC(=O)NC1CCN(c2c(F)c(N)c3c(=O)c(C(=O)O)cn(C4CC4)c3c2F)C1.O. The van der Waals surface area contributed by atoms with E-state index in [0.717, 1.165) is 6.20 Å². The van der Waals surface area contributed by atoms with E-state index in [9.17, 15) is 19.5 Å². The van der Waals surface area contributed by atoms with Crippen LogP contribution in [0, 0.1) is 11.6 Å². The highest BCUT2D eigenvalue weighted by Gasteiger charge is 2.34. The van der Waals surface area contributed by atoms with E-state index in [4.69, 9.17) is 11.5 Å². The lowest BCUT2D eigenvalue weighted by Gasteiger charge is -2.24. The second-order valence-electron chi connectivity index (χ2n) is 7.63. The molecule has 32 heavy (non-hydrogen) atoms. The number of hydrogen-bond acceptors (Lipinski definition) is 6. The summed E-state index contributed by atoms with van der Waals surface area (Å²) in [5, 5.41) is 11.6. The van der Waals surface area contributed by atoms with E-state index in [1.54, 1.807) is 0 Å². The molecule has 13 heteroatoms. The van der Waals surface area contributed by atoms with Gasteiger partial charge in [0.2, 0.25) is 11.3 Å². The van der Waals surface area contributed by atoms with Crippen LogP contribution < -0.4 is 27.1 Å².